The van der Waals surface area contributed by atoms with Gasteiger partial charge in [0, 0.05) is 10.0 Å². The van der Waals surface area contributed by atoms with Gasteiger partial charge in [-0.25, -0.2) is 4.39 Å². The molecule has 2 nitrogen and oxygen atoms in total. The molecule has 2 aromatic rings. The number of hydrogen-bond acceptors (Lipinski definition) is 2. The zero-order valence-electron chi connectivity index (χ0n) is 10.8. The Morgan fingerprint density at radius 2 is 1.95 bits per heavy atom. The van der Waals surface area contributed by atoms with Gasteiger partial charge in [0.15, 0.2) is 0 Å². The molecule has 0 saturated carbocycles. The molecule has 1 unspecified atom stereocenters. The van der Waals surface area contributed by atoms with Crippen LogP contribution in [-0.4, -0.2) is 7.11 Å². The summed E-state index contributed by atoms with van der Waals surface area (Å²) < 4.78 is 19.8. The summed E-state index contributed by atoms with van der Waals surface area (Å²) in [6.07, 6.45) is 0. The molecule has 0 aliphatic heterocycles. The van der Waals surface area contributed by atoms with Gasteiger partial charge in [0.25, 0.3) is 0 Å². The predicted molar refractivity (Wildman–Crippen MR) is 77.9 cm³/mol. The first kappa shape index (κ1) is 14.0. The highest BCUT2D eigenvalue weighted by Gasteiger charge is 2.14. The van der Waals surface area contributed by atoms with Crippen molar-refractivity contribution in [3.05, 3.63) is 63.4 Å². The van der Waals surface area contributed by atoms with Crippen molar-refractivity contribution in [2.75, 3.05) is 7.11 Å². The average Bonchev–Trinajstić information content (AvgIpc) is 2.38. The molecule has 19 heavy (non-hydrogen) atoms. The first-order valence-corrected chi connectivity index (χ1v) is 6.67. The van der Waals surface area contributed by atoms with E-state index in [1.807, 2.05) is 25.1 Å². The molecule has 0 radical (unpaired) electrons. The Kier molecular flexibility index (Phi) is 4.22. The summed E-state index contributed by atoms with van der Waals surface area (Å²) in [7, 11) is 1.62. The topological polar surface area (TPSA) is 35.2 Å². The van der Waals surface area contributed by atoms with Gasteiger partial charge in [-0.2, -0.15) is 0 Å². The standard InChI is InChI=1S/C15H15BrFNO/c1-9-7-10(3-6-14(9)19-2)15(18)12-5-4-11(16)8-13(12)17/h3-8,15H,18H2,1-2H3. The summed E-state index contributed by atoms with van der Waals surface area (Å²) in [5, 5.41) is 0. The zero-order chi connectivity index (χ0) is 14.0. The molecule has 0 amide bonds. The van der Waals surface area contributed by atoms with Crippen molar-refractivity contribution in [3.8, 4) is 5.75 Å². The summed E-state index contributed by atoms with van der Waals surface area (Å²) >= 11 is 3.23. The van der Waals surface area contributed by atoms with E-state index in [0.29, 0.717) is 10.0 Å². The van der Waals surface area contributed by atoms with Gasteiger partial charge in [0.2, 0.25) is 0 Å². The maximum absolute atomic E-state index is 13.9. The van der Waals surface area contributed by atoms with Gasteiger partial charge in [0.1, 0.15) is 11.6 Å². The third-order valence-corrected chi connectivity index (χ3v) is 3.57. The van der Waals surface area contributed by atoms with Gasteiger partial charge in [-0.05, 0) is 36.2 Å². The second kappa shape index (κ2) is 5.72. The van der Waals surface area contributed by atoms with Crippen molar-refractivity contribution in [1.82, 2.24) is 0 Å². The fraction of sp³-hybridized carbons (Fsp3) is 0.200. The second-order valence-electron chi connectivity index (χ2n) is 4.37. The molecule has 0 aliphatic carbocycles. The van der Waals surface area contributed by atoms with Crippen LogP contribution in [0.25, 0.3) is 0 Å². The summed E-state index contributed by atoms with van der Waals surface area (Å²) in [4.78, 5) is 0. The van der Waals surface area contributed by atoms with E-state index in [1.54, 1.807) is 19.2 Å². The molecule has 0 fully saturated rings. The second-order valence-corrected chi connectivity index (χ2v) is 5.29. The van der Waals surface area contributed by atoms with Crippen LogP contribution in [0.1, 0.15) is 22.7 Å². The Morgan fingerprint density at radius 1 is 1.21 bits per heavy atom. The number of benzene rings is 2. The Bertz CT molecular complexity index is 601. The highest BCUT2D eigenvalue weighted by atomic mass is 79.9. The van der Waals surface area contributed by atoms with E-state index in [0.717, 1.165) is 16.9 Å². The van der Waals surface area contributed by atoms with E-state index in [4.69, 9.17) is 10.5 Å². The largest absolute Gasteiger partial charge is 0.496 e. The van der Waals surface area contributed by atoms with E-state index in [1.165, 1.54) is 6.07 Å². The van der Waals surface area contributed by atoms with E-state index in [9.17, 15) is 4.39 Å². The normalized spacial score (nSPS) is 12.3. The Morgan fingerprint density at radius 3 is 2.53 bits per heavy atom. The van der Waals surface area contributed by atoms with Crippen LogP contribution in [0.5, 0.6) is 5.75 Å². The molecule has 2 rings (SSSR count). The molecule has 2 aromatic carbocycles. The lowest BCUT2D eigenvalue weighted by Crippen LogP contribution is -2.13. The van der Waals surface area contributed by atoms with Crippen molar-refractivity contribution in [2.45, 2.75) is 13.0 Å². The Balaban J connectivity index is 2.38. The van der Waals surface area contributed by atoms with Crippen LogP contribution in [-0.2, 0) is 0 Å². The minimum Gasteiger partial charge on any atom is -0.496 e. The van der Waals surface area contributed by atoms with Gasteiger partial charge in [-0.15, -0.1) is 0 Å². The number of halogens is 2. The van der Waals surface area contributed by atoms with Crippen LogP contribution in [0.3, 0.4) is 0 Å². The van der Waals surface area contributed by atoms with Gasteiger partial charge < -0.3 is 10.5 Å². The third-order valence-electron chi connectivity index (χ3n) is 3.08. The van der Waals surface area contributed by atoms with Crippen LogP contribution in [0.2, 0.25) is 0 Å². The summed E-state index contributed by atoms with van der Waals surface area (Å²) in [6.45, 7) is 1.94. The summed E-state index contributed by atoms with van der Waals surface area (Å²) in [5.41, 5.74) is 8.45. The van der Waals surface area contributed by atoms with E-state index in [-0.39, 0.29) is 5.82 Å². The average molecular weight is 324 g/mol. The number of aryl methyl sites for hydroxylation is 1. The number of ether oxygens (including phenoxy) is 1. The number of methoxy groups -OCH3 is 1. The fourth-order valence-electron chi connectivity index (χ4n) is 2.03. The lowest BCUT2D eigenvalue weighted by molar-refractivity contribution is 0.411. The van der Waals surface area contributed by atoms with Crippen LogP contribution in [0.4, 0.5) is 4.39 Å². The maximum atomic E-state index is 13.9. The number of rotatable bonds is 3. The molecule has 0 bridgehead atoms. The molecule has 0 saturated heterocycles. The lowest BCUT2D eigenvalue weighted by atomic mass is 9.97. The highest BCUT2D eigenvalue weighted by molar-refractivity contribution is 9.10. The first-order valence-electron chi connectivity index (χ1n) is 5.88. The van der Waals surface area contributed by atoms with Crippen molar-refractivity contribution < 1.29 is 9.13 Å². The van der Waals surface area contributed by atoms with Gasteiger partial charge in [-0.3, -0.25) is 0 Å². The SMILES string of the molecule is COc1ccc(C(N)c2ccc(Br)cc2F)cc1C. The van der Waals surface area contributed by atoms with Crippen LogP contribution >= 0.6 is 15.9 Å². The molecule has 0 heterocycles. The third kappa shape index (κ3) is 2.96. The number of hydrogen-bond donors (Lipinski definition) is 1. The van der Waals surface area contributed by atoms with Crippen molar-refractivity contribution >= 4 is 15.9 Å². The zero-order valence-corrected chi connectivity index (χ0v) is 12.4. The smallest absolute Gasteiger partial charge is 0.129 e. The Hall–Kier alpha value is -1.39. The lowest BCUT2D eigenvalue weighted by Gasteiger charge is -2.15. The molecule has 4 heteroatoms. The molecular weight excluding hydrogens is 309 g/mol. The van der Waals surface area contributed by atoms with Gasteiger partial charge in [-0.1, -0.05) is 34.1 Å². The molecule has 0 aliphatic rings. The molecular formula is C15H15BrFNO. The van der Waals surface area contributed by atoms with Crippen LogP contribution in [0, 0.1) is 12.7 Å². The molecule has 0 aromatic heterocycles. The van der Waals surface area contributed by atoms with E-state index >= 15 is 0 Å². The quantitative estimate of drug-likeness (QED) is 0.928. The van der Waals surface area contributed by atoms with Gasteiger partial charge in [0.05, 0.1) is 13.2 Å². The number of nitrogens with two attached hydrogens (primary N) is 1. The van der Waals surface area contributed by atoms with Crippen LogP contribution < -0.4 is 10.5 Å². The maximum Gasteiger partial charge on any atom is 0.129 e. The molecule has 2 N–H and O–H groups in total. The van der Waals surface area contributed by atoms with Gasteiger partial charge >= 0.3 is 0 Å². The minimum absolute atomic E-state index is 0.310. The summed E-state index contributed by atoms with van der Waals surface area (Å²) in [5.74, 6) is 0.488. The van der Waals surface area contributed by atoms with Crippen molar-refractivity contribution in [1.29, 1.82) is 0 Å². The minimum atomic E-state index is -0.488. The molecule has 100 valence electrons. The van der Waals surface area contributed by atoms with E-state index < -0.39 is 6.04 Å². The monoisotopic (exact) mass is 323 g/mol. The summed E-state index contributed by atoms with van der Waals surface area (Å²) in [6, 6.07) is 10.0. The Labute approximate surface area is 120 Å². The van der Waals surface area contributed by atoms with E-state index in [2.05, 4.69) is 15.9 Å². The van der Waals surface area contributed by atoms with Crippen molar-refractivity contribution in [3.63, 3.8) is 0 Å². The first-order chi connectivity index (χ1) is 9.02. The predicted octanol–water partition coefficient (Wildman–Crippen LogP) is 3.95. The highest BCUT2D eigenvalue weighted by Crippen LogP contribution is 2.27. The molecule has 0 spiro atoms. The van der Waals surface area contributed by atoms with Crippen molar-refractivity contribution in [2.24, 2.45) is 5.73 Å². The van der Waals surface area contributed by atoms with Crippen LogP contribution in [0.15, 0.2) is 40.9 Å². The fourth-order valence-corrected chi connectivity index (χ4v) is 2.36. The molecule has 1 atom stereocenters.